The van der Waals surface area contributed by atoms with Gasteiger partial charge in [-0.25, -0.2) is 0 Å². The molecule has 0 unspecified atom stereocenters. The topological polar surface area (TPSA) is 32.8 Å². The Morgan fingerprint density at radius 2 is 1.52 bits per heavy atom. The average Bonchev–Trinajstić information content (AvgIpc) is 3.05. The van der Waals surface area contributed by atoms with Crippen molar-refractivity contribution >= 4 is 35.5 Å². The Morgan fingerprint density at radius 1 is 1.04 bits per heavy atom. The molecule has 27 heavy (non-hydrogen) atoms. The van der Waals surface area contributed by atoms with Crippen molar-refractivity contribution in [3.63, 3.8) is 0 Å². The summed E-state index contributed by atoms with van der Waals surface area (Å²) in [6.07, 6.45) is -0.122. The van der Waals surface area contributed by atoms with Gasteiger partial charge in [-0.2, -0.15) is 0 Å². The van der Waals surface area contributed by atoms with Gasteiger partial charge >= 0.3 is 5.97 Å². The molecule has 1 heterocycles. The minimum Gasteiger partial charge on any atom is -0.466 e. The molecule has 0 radical (unpaired) electrons. The van der Waals surface area contributed by atoms with E-state index < -0.39 is 6.34 Å². The minimum absolute atomic E-state index is 0.220. The molecule has 0 bridgehead atoms. The number of para-hydroxylation sites is 2. The Hall–Kier alpha value is -2.10. The zero-order chi connectivity index (χ0) is 19.3. The Bertz CT molecular complexity index is 804. The molecule has 3 rings (SSSR count). The zero-order valence-electron chi connectivity index (χ0n) is 15.7. The summed E-state index contributed by atoms with van der Waals surface area (Å²) in [5, 5.41) is 0.973. The van der Waals surface area contributed by atoms with Crippen LogP contribution < -0.4 is 9.34 Å². The van der Waals surface area contributed by atoms with Crippen LogP contribution in [0.1, 0.15) is 20.3 Å². The molecule has 1 aliphatic heterocycles. The fourth-order valence-corrected chi connectivity index (χ4v) is 8.14. The molecule has 6 heteroatoms. The molecule has 2 aromatic carbocycles. The predicted molar refractivity (Wildman–Crippen MR) is 117 cm³/mol. The number of hydrogen-bond acceptors (Lipinski definition) is 3. The normalized spacial score (nSPS) is 16.4. The van der Waals surface area contributed by atoms with Gasteiger partial charge in [-0.05, 0) is 49.9 Å². The summed E-state index contributed by atoms with van der Waals surface area (Å²) in [6, 6.07) is 20.5. The number of ether oxygens (including phenoxy) is 1. The molecule has 0 aliphatic carbocycles. The summed E-state index contributed by atoms with van der Waals surface area (Å²) in [5.41, 5.74) is 2.20. The summed E-state index contributed by atoms with van der Waals surface area (Å²) >= 11 is 6.38. The molecule has 1 fully saturated rings. The van der Waals surface area contributed by atoms with Crippen molar-refractivity contribution in [1.29, 1.82) is 0 Å². The smallest absolute Gasteiger partial charge is 0.310 e. The molecule has 0 aromatic heterocycles. The quantitative estimate of drug-likeness (QED) is 0.493. The number of hydrogen-bond donors (Lipinski definition) is 0. The Kier molecular flexibility index (Phi) is 6.35. The van der Waals surface area contributed by atoms with Gasteiger partial charge in [0.25, 0.3) is 0 Å². The molecular weight excluding hydrogens is 375 g/mol. The highest BCUT2D eigenvalue weighted by Gasteiger charge is 2.42. The van der Waals surface area contributed by atoms with E-state index >= 15 is 0 Å². The van der Waals surface area contributed by atoms with Crippen LogP contribution in [0.3, 0.4) is 0 Å². The lowest BCUT2D eigenvalue weighted by molar-refractivity contribution is -0.142. The van der Waals surface area contributed by atoms with Crippen LogP contribution in [0.2, 0.25) is 0 Å². The van der Waals surface area contributed by atoms with Crippen molar-refractivity contribution in [2.45, 2.75) is 20.3 Å². The van der Waals surface area contributed by atoms with E-state index in [0.717, 1.165) is 29.8 Å². The van der Waals surface area contributed by atoms with E-state index in [-0.39, 0.29) is 12.4 Å². The van der Waals surface area contributed by atoms with Gasteiger partial charge in [0.1, 0.15) is 6.34 Å². The van der Waals surface area contributed by atoms with Crippen molar-refractivity contribution in [3.05, 3.63) is 72.1 Å². The van der Waals surface area contributed by atoms with Gasteiger partial charge in [-0.15, -0.1) is 0 Å². The molecule has 0 N–H and O–H groups in total. The number of carbonyl (C=O) groups excluding carboxylic acids is 1. The zero-order valence-corrected chi connectivity index (χ0v) is 17.5. The molecule has 1 saturated heterocycles. The van der Waals surface area contributed by atoms with Crippen LogP contribution in [0, 0.1) is 0 Å². The van der Waals surface area contributed by atoms with Crippen molar-refractivity contribution in [3.8, 4) is 0 Å². The maximum Gasteiger partial charge on any atom is 0.310 e. The number of allylic oxidation sites excluding steroid dienone is 1. The summed E-state index contributed by atoms with van der Waals surface area (Å²) in [6.45, 7) is 5.83. The first-order valence-corrected chi connectivity index (χ1v) is 11.9. The first-order valence-electron chi connectivity index (χ1n) is 9.18. The highest BCUT2D eigenvalue weighted by atomic mass is 32.4. The van der Waals surface area contributed by atoms with Crippen LogP contribution in [0.4, 0.5) is 11.4 Å². The highest BCUT2D eigenvalue weighted by molar-refractivity contribution is 8.18. The largest absolute Gasteiger partial charge is 0.466 e. The average molecular weight is 400 g/mol. The van der Waals surface area contributed by atoms with E-state index in [4.69, 9.17) is 16.5 Å². The van der Waals surface area contributed by atoms with E-state index in [1.165, 1.54) is 0 Å². The lowest BCUT2D eigenvalue weighted by atomic mass is 10.3. The Morgan fingerprint density at radius 3 is 1.93 bits per heavy atom. The predicted octanol–water partition coefficient (Wildman–Crippen LogP) is 5.18. The molecule has 1 aliphatic rings. The number of benzene rings is 2. The van der Waals surface area contributed by atoms with Gasteiger partial charge in [0, 0.05) is 29.8 Å². The van der Waals surface area contributed by atoms with Crippen LogP contribution in [0.15, 0.2) is 72.1 Å². The fourth-order valence-electron chi connectivity index (χ4n) is 3.41. The molecular formula is C21H25N2O2PS. The fraction of sp³-hybridized carbons (Fsp3) is 0.286. The summed E-state index contributed by atoms with van der Waals surface area (Å²) in [5.74, 6) is -0.220. The highest BCUT2D eigenvalue weighted by Crippen LogP contribution is 2.66. The van der Waals surface area contributed by atoms with Crippen LogP contribution in [-0.4, -0.2) is 25.7 Å². The molecule has 2 aromatic rings. The lowest BCUT2D eigenvalue weighted by Crippen LogP contribution is -2.21. The third kappa shape index (κ3) is 3.95. The van der Waals surface area contributed by atoms with E-state index in [1.807, 2.05) is 56.3 Å². The first kappa shape index (κ1) is 19.7. The second-order valence-electron chi connectivity index (χ2n) is 6.22. The maximum absolute atomic E-state index is 12.3. The van der Waals surface area contributed by atoms with E-state index in [9.17, 15) is 4.79 Å². The second kappa shape index (κ2) is 8.73. The van der Waals surface area contributed by atoms with Gasteiger partial charge < -0.3 is 14.1 Å². The van der Waals surface area contributed by atoms with Gasteiger partial charge in [0.15, 0.2) is 0 Å². The minimum atomic E-state index is -2.36. The van der Waals surface area contributed by atoms with Gasteiger partial charge in [0.2, 0.25) is 0 Å². The summed E-state index contributed by atoms with van der Waals surface area (Å²) in [4.78, 5) is 12.3. The lowest BCUT2D eigenvalue weighted by Gasteiger charge is -2.38. The first-order chi connectivity index (χ1) is 13.1. The van der Waals surface area contributed by atoms with Gasteiger partial charge in [-0.3, -0.25) is 4.79 Å². The number of anilines is 2. The van der Waals surface area contributed by atoms with E-state index in [1.54, 1.807) is 0 Å². The molecule has 0 amide bonds. The summed E-state index contributed by atoms with van der Waals surface area (Å²) in [7, 11) is 0. The van der Waals surface area contributed by atoms with Crippen LogP contribution in [0.5, 0.6) is 0 Å². The molecule has 4 nitrogen and oxygen atoms in total. The van der Waals surface area contributed by atoms with Crippen molar-refractivity contribution < 1.29 is 9.53 Å². The number of carbonyl (C=O) groups is 1. The standard InChI is InChI=1S/C21H25N2O2PS/c1-3-20(17-21(24)25-4-2)26(27)22(18-11-7-5-8-12-18)15-16-23(26)19-13-9-6-10-14-19/h3,5-14H,4,15-17H2,1-2H3/b20-3+. The molecule has 142 valence electrons. The molecule has 0 atom stereocenters. The van der Waals surface area contributed by atoms with E-state index in [2.05, 4.69) is 33.6 Å². The monoisotopic (exact) mass is 400 g/mol. The van der Waals surface area contributed by atoms with Crippen LogP contribution in [0.25, 0.3) is 0 Å². The van der Waals surface area contributed by atoms with Gasteiger partial charge in [0.05, 0.1) is 13.0 Å². The summed E-state index contributed by atoms with van der Waals surface area (Å²) < 4.78 is 9.83. The van der Waals surface area contributed by atoms with Crippen LogP contribution in [-0.2, 0) is 21.3 Å². The van der Waals surface area contributed by atoms with E-state index in [0.29, 0.717) is 6.61 Å². The van der Waals surface area contributed by atoms with Crippen molar-refractivity contribution in [1.82, 2.24) is 0 Å². The Labute approximate surface area is 166 Å². The maximum atomic E-state index is 12.3. The SMILES string of the molecule is C/C=C(\CC(=O)OCC)P1(=S)N(c2ccccc2)CCN1c1ccccc1. The number of nitrogens with zero attached hydrogens (tertiary/aromatic N) is 2. The third-order valence-corrected chi connectivity index (χ3v) is 9.85. The number of rotatable bonds is 6. The second-order valence-corrected chi connectivity index (χ2v) is 10.4. The number of esters is 1. The van der Waals surface area contributed by atoms with Crippen LogP contribution >= 0.6 is 6.34 Å². The van der Waals surface area contributed by atoms with Crippen molar-refractivity contribution in [2.24, 2.45) is 0 Å². The van der Waals surface area contributed by atoms with Gasteiger partial charge in [-0.1, -0.05) is 42.5 Å². The van der Waals surface area contributed by atoms with Crippen molar-refractivity contribution in [2.75, 3.05) is 29.0 Å². The molecule has 0 saturated carbocycles. The Balaban J connectivity index is 2.06. The molecule has 0 spiro atoms. The third-order valence-electron chi connectivity index (χ3n) is 4.62.